The molecule has 0 aliphatic heterocycles. The van der Waals surface area contributed by atoms with Crippen LogP contribution in [0.15, 0.2) is 92.8 Å². The number of aliphatic hydroxyl groups excluding tert-OH is 1. The molecular formula is C33H29N4O12S2-. The number of hydrogen-bond donors (Lipinski definition) is 6. The van der Waals surface area contributed by atoms with Crippen molar-refractivity contribution in [3.63, 3.8) is 0 Å². The zero-order valence-corrected chi connectivity index (χ0v) is 28.2. The van der Waals surface area contributed by atoms with Crippen LogP contribution in [-0.4, -0.2) is 66.2 Å². The fourth-order valence-corrected chi connectivity index (χ4v) is 6.31. The smallest absolute Gasteiger partial charge is 0.296 e. The summed E-state index contributed by atoms with van der Waals surface area (Å²) in [5, 5.41) is 43.9. The number of benzene rings is 5. The third-order valence-electron chi connectivity index (χ3n) is 7.42. The quantitative estimate of drug-likeness (QED) is 0.0547. The van der Waals surface area contributed by atoms with Crippen molar-refractivity contribution in [3.05, 3.63) is 78.4 Å². The number of ether oxygens (including phenoxy) is 1. The van der Waals surface area contributed by atoms with E-state index in [0.717, 1.165) is 25.1 Å². The number of unbranched alkanes of at least 4 members (excludes halogenated alkanes) is 1. The molecule has 5 aromatic rings. The second-order valence-corrected chi connectivity index (χ2v) is 13.8. The van der Waals surface area contributed by atoms with Gasteiger partial charge in [0.15, 0.2) is 5.75 Å². The normalized spacial score (nSPS) is 12.0. The number of aliphatic hydroxyl groups is 1. The summed E-state index contributed by atoms with van der Waals surface area (Å²) >= 11 is 0. The molecule has 5 aromatic carbocycles. The van der Waals surface area contributed by atoms with Crippen molar-refractivity contribution >= 4 is 70.7 Å². The lowest BCUT2D eigenvalue weighted by Crippen LogP contribution is -2.24. The molecule has 0 radical (unpaired) electrons. The van der Waals surface area contributed by atoms with Gasteiger partial charge in [0, 0.05) is 36.2 Å². The Bertz CT molecular complexity index is 2430. The molecule has 0 fully saturated rings. The Morgan fingerprint density at radius 3 is 2.20 bits per heavy atom. The lowest BCUT2D eigenvalue weighted by Gasteiger charge is -2.16. The highest BCUT2D eigenvalue weighted by Crippen LogP contribution is 2.45. The molecule has 0 aliphatic carbocycles. The number of phenols is 2. The molecule has 5 rings (SSSR count). The molecule has 0 saturated heterocycles. The van der Waals surface area contributed by atoms with Crippen LogP contribution >= 0.6 is 0 Å². The first kappa shape index (κ1) is 36.6. The summed E-state index contributed by atoms with van der Waals surface area (Å²) in [5.41, 5.74) is -1.03. The maximum atomic E-state index is 12.9. The molecule has 51 heavy (non-hydrogen) atoms. The summed E-state index contributed by atoms with van der Waals surface area (Å²) < 4.78 is 75.8. The largest absolute Gasteiger partial charge is 0.744 e. The lowest BCUT2D eigenvalue weighted by atomic mass is 10.0. The Balaban J connectivity index is 1.50. The number of nitrogens with one attached hydrogen (secondary N) is 2. The average molecular weight is 738 g/mol. The average Bonchev–Trinajstić information content (AvgIpc) is 3.06. The number of carbonyl (C=O) groups is 2. The summed E-state index contributed by atoms with van der Waals surface area (Å²) in [4.78, 5) is 22.9. The fourth-order valence-electron chi connectivity index (χ4n) is 5.12. The van der Waals surface area contributed by atoms with Crippen LogP contribution in [0.2, 0.25) is 0 Å². The summed E-state index contributed by atoms with van der Waals surface area (Å²) in [6.45, 7) is 1.34. The SMILES string of the molecule is CC(=O)Nc1cc(S(=O)(=O)[O-])cc2cc(S(=O)(=O)O)c(N=Nc3ccc(Oc4cc(C(=O)NCCCCO)c(O)c5ccccc45)cc3)c(O)c12. The number of nitrogens with zero attached hydrogens (tertiary/aromatic N) is 2. The summed E-state index contributed by atoms with van der Waals surface area (Å²) in [7, 11) is -10.2. The molecular weight excluding hydrogens is 709 g/mol. The number of amides is 2. The molecule has 0 saturated carbocycles. The molecule has 6 N–H and O–H groups in total. The van der Waals surface area contributed by atoms with Crippen LogP contribution in [0.3, 0.4) is 0 Å². The van der Waals surface area contributed by atoms with Gasteiger partial charge in [0.1, 0.15) is 37.9 Å². The molecule has 0 aromatic heterocycles. The minimum Gasteiger partial charge on any atom is -0.744 e. The van der Waals surface area contributed by atoms with E-state index in [1.165, 1.54) is 30.3 Å². The van der Waals surface area contributed by atoms with E-state index in [9.17, 15) is 45.7 Å². The highest BCUT2D eigenvalue weighted by molar-refractivity contribution is 7.86. The number of aromatic hydroxyl groups is 2. The standard InChI is InChI=1S/C33H30N4O12S2/c1-18(39)35-26-16-22(50(43,44)45)14-19-15-28(51(46,47)48)30(32(41)29(19)26)37-36-20-8-10-21(11-9-20)49-27-17-25(33(42)34-12-4-5-13-38)31(40)24-7-3-2-6-23(24)27/h2-3,6-11,14-17,38,40-41H,4-5,12-13H2,1H3,(H,34,42)(H,35,39)(H,43,44,45)(H,46,47,48)/p-1. The third kappa shape index (κ3) is 8.22. The van der Waals surface area contributed by atoms with E-state index in [-0.39, 0.29) is 58.1 Å². The fraction of sp³-hybridized carbons (Fsp3) is 0.152. The van der Waals surface area contributed by atoms with Crippen molar-refractivity contribution in [2.45, 2.75) is 29.6 Å². The van der Waals surface area contributed by atoms with Crippen molar-refractivity contribution in [1.29, 1.82) is 0 Å². The zero-order chi connectivity index (χ0) is 37.1. The minimum atomic E-state index is -5.12. The molecule has 0 spiro atoms. The molecule has 0 unspecified atom stereocenters. The second kappa shape index (κ2) is 14.7. The van der Waals surface area contributed by atoms with E-state index >= 15 is 0 Å². The van der Waals surface area contributed by atoms with Crippen LogP contribution in [-0.2, 0) is 25.0 Å². The molecule has 16 nitrogen and oxygen atoms in total. The number of phenolic OH excluding ortho intramolecular Hbond substituents is 2. The van der Waals surface area contributed by atoms with Gasteiger partial charge in [-0.1, -0.05) is 24.3 Å². The highest BCUT2D eigenvalue weighted by atomic mass is 32.2. The summed E-state index contributed by atoms with van der Waals surface area (Å²) in [5.74, 6) is -1.91. The predicted octanol–water partition coefficient (Wildman–Crippen LogP) is 5.22. The van der Waals surface area contributed by atoms with Gasteiger partial charge >= 0.3 is 0 Å². The molecule has 0 aliphatic rings. The van der Waals surface area contributed by atoms with Gasteiger partial charge in [-0.05, 0) is 66.8 Å². The maximum Gasteiger partial charge on any atom is 0.296 e. The topological polar surface area (TPSA) is 264 Å². The number of anilines is 1. The van der Waals surface area contributed by atoms with E-state index in [1.54, 1.807) is 24.3 Å². The van der Waals surface area contributed by atoms with Gasteiger partial charge in [-0.25, -0.2) is 8.42 Å². The van der Waals surface area contributed by atoms with E-state index in [2.05, 4.69) is 20.9 Å². The first-order valence-corrected chi connectivity index (χ1v) is 17.8. The van der Waals surface area contributed by atoms with Gasteiger partial charge in [0.25, 0.3) is 16.0 Å². The van der Waals surface area contributed by atoms with Crippen molar-refractivity contribution in [2.75, 3.05) is 18.5 Å². The maximum absolute atomic E-state index is 12.9. The zero-order valence-electron chi connectivity index (χ0n) is 26.5. The van der Waals surface area contributed by atoms with Crippen molar-refractivity contribution < 1.29 is 55.6 Å². The number of carbonyl (C=O) groups excluding carboxylic acids is 2. The Morgan fingerprint density at radius 2 is 1.57 bits per heavy atom. The molecule has 18 heteroatoms. The van der Waals surface area contributed by atoms with Gasteiger partial charge in [-0.3, -0.25) is 14.1 Å². The van der Waals surface area contributed by atoms with Gasteiger partial charge in [-0.2, -0.15) is 13.5 Å². The van der Waals surface area contributed by atoms with Crippen molar-refractivity contribution in [2.24, 2.45) is 10.2 Å². The van der Waals surface area contributed by atoms with Crippen LogP contribution in [0.5, 0.6) is 23.0 Å². The minimum absolute atomic E-state index is 0.0194. The Morgan fingerprint density at radius 1 is 0.882 bits per heavy atom. The Kier molecular flexibility index (Phi) is 10.5. The summed E-state index contributed by atoms with van der Waals surface area (Å²) in [6.07, 6.45) is 1.03. The van der Waals surface area contributed by atoms with Gasteiger partial charge in [0.2, 0.25) is 5.91 Å². The highest BCUT2D eigenvalue weighted by Gasteiger charge is 2.25. The van der Waals surface area contributed by atoms with Crippen LogP contribution in [0.25, 0.3) is 21.5 Å². The second-order valence-electron chi connectivity index (χ2n) is 11.1. The van der Waals surface area contributed by atoms with Crippen LogP contribution in [0.4, 0.5) is 17.1 Å². The van der Waals surface area contributed by atoms with E-state index < -0.39 is 53.3 Å². The molecule has 0 bridgehead atoms. The number of azo groups is 1. The van der Waals surface area contributed by atoms with E-state index in [4.69, 9.17) is 9.84 Å². The predicted molar refractivity (Wildman–Crippen MR) is 183 cm³/mol. The lowest BCUT2D eigenvalue weighted by molar-refractivity contribution is -0.114. The van der Waals surface area contributed by atoms with Crippen molar-refractivity contribution in [3.8, 4) is 23.0 Å². The van der Waals surface area contributed by atoms with E-state index in [1.807, 2.05) is 0 Å². The van der Waals surface area contributed by atoms with Crippen LogP contribution in [0.1, 0.15) is 30.1 Å². The Hall–Kier alpha value is -5.66. The van der Waals surface area contributed by atoms with Gasteiger partial charge < -0.3 is 35.2 Å². The van der Waals surface area contributed by atoms with Crippen LogP contribution in [0, 0.1) is 0 Å². The van der Waals surface area contributed by atoms with E-state index in [0.29, 0.717) is 23.6 Å². The number of rotatable bonds is 12. The van der Waals surface area contributed by atoms with Gasteiger partial charge in [0.05, 0.1) is 21.8 Å². The van der Waals surface area contributed by atoms with Crippen LogP contribution < -0.4 is 15.4 Å². The Labute approximate surface area is 290 Å². The van der Waals surface area contributed by atoms with Crippen molar-refractivity contribution in [1.82, 2.24) is 5.32 Å². The molecule has 0 heterocycles. The van der Waals surface area contributed by atoms with Gasteiger partial charge in [-0.15, -0.1) is 5.11 Å². The number of fused-ring (bicyclic) bond motifs is 2. The molecule has 0 atom stereocenters. The third-order valence-corrected chi connectivity index (χ3v) is 9.10. The monoisotopic (exact) mass is 737 g/mol. The number of hydrogen-bond acceptors (Lipinski definition) is 13. The molecule has 2 amide bonds. The molecule has 266 valence electrons. The summed E-state index contributed by atoms with van der Waals surface area (Å²) in [6, 6.07) is 16.2. The first-order valence-electron chi connectivity index (χ1n) is 15.0. The first-order chi connectivity index (χ1) is 24.1.